The lowest BCUT2D eigenvalue weighted by Gasteiger charge is -2.35. The predicted molar refractivity (Wildman–Crippen MR) is 160 cm³/mol. The molecule has 39 heavy (non-hydrogen) atoms. The fourth-order valence-corrected chi connectivity index (χ4v) is 6.00. The Hall–Kier alpha value is -3.68. The Morgan fingerprint density at radius 1 is 0.949 bits per heavy atom. The Morgan fingerprint density at radius 2 is 1.64 bits per heavy atom. The Balaban J connectivity index is 1.19. The molecule has 0 bridgehead atoms. The van der Waals surface area contributed by atoms with Crippen molar-refractivity contribution < 1.29 is 5.11 Å². The van der Waals surface area contributed by atoms with Gasteiger partial charge in [0.2, 0.25) is 0 Å². The number of para-hydroxylation sites is 1. The largest absolute Gasteiger partial charge is 0.507 e. The van der Waals surface area contributed by atoms with E-state index in [-0.39, 0.29) is 5.75 Å². The molecule has 2 N–H and O–H groups in total. The molecular formula is C32H32BrN5O. The number of piperidine rings is 1. The van der Waals surface area contributed by atoms with Gasteiger partial charge < -0.3 is 15.3 Å². The molecule has 1 saturated heterocycles. The van der Waals surface area contributed by atoms with E-state index in [2.05, 4.69) is 91.9 Å². The quantitative estimate of drug-likeness (QED) is 0.210. The van der Waals surface area contributed by atoms with Crippen LogP contribution in [-0.2, 0) is 0 Å². The summed E-state index contributed by atoms with van der Waals surface area (Å²) in [6, 6.07) is 31.0. The van der Waals surface area contributed by atoms with Crippen molar-refractivity contribution in [3.05, 3.63) is 113 Å². The highest BCUT2D eigenvalue weighted by molar-refractivity contribution is 9.10. The van der Waals surface area contributed by atoms with Gasteiger partial charge in [0.25, 0.3) is 0 Å². The number of rotatable bonds is 8. The topological polar surface area (TPSA) is 65.7 Å². The molecule has 2 aromatic heterocycles. The normalized spacial score (nSPS) is 16.1. The van der Waals surface area contributed by atoms with E-state index in [0.717, 1.165) is 42.1 Å². The summed E-state index contributed by atoms with van der Waals surface area (Å²) in [6.07, 6.45) is 4.14. The van der Waals surface area contributed by atoms with Crippen LogP contribution in [0.1, 0.15) is 29.9 Å². The van der Waals surface area contributed by atoms with Crippen LogP contribution >= 0.6 is 15.9 Å². The lowest BCUT2D eigenvalue weighted by atomic mass is 9.89. The molecular weight excluding hydrogens is 550 g/mol. The van der Waals surface area contributed by atoms with Gasteiger partial charge in [0.1, 0.15) is 11.6 Å². The zero-order valence-electron chi connectivity index (χ0n) is 21.7. The maximum atomic E-state index is 10.4. The summed E-state index contributed by atoms with van der Waals surface area (Å²) in [5.74, 6) is 1.95. The molecule has 0 saturated carbocycles. The van der Waals surface area contributed by atoms with Crippen molar-refractivity contribution in [2.45, 2.75) is 18.8 Å². The lowest BCUT2D eigenvalue weighted by Crippen LogP contribution is -2.40. The van der Waals surface area contributed by atoms with Gasteiger partial charge in [0, 0.05) is 37.2 Å². The van der Waals surface area contributed by atoms with Gasteiger partial charge in [0.15, 0.2) is 5.65 Å². The average Bonchev–Trinajstić information content (AvgIpc) is 3.36. The Labute approximate surface area is 237 Å². The molecule has 6 rings (SSSR count). The number of nitrogens with zero attached hydrogens (tertiary/aromatic N) is 4. The van der Waals surface area contributed by atoms with Crippen molar-refractivity contribution in [3.63, 3.8) is 0 Å². The zero-order valence-corrected chi connectivity index (χ0v) is 23.3. The molecule has 0 amide bonds. The monoisotopic (exact) mass is 581 g/mol. The van der Waals surface area contributed by atoms with Crippen LogP contribution in [0.15, 0.2) is 102 Å². The van der Waals surface area contributed by atoms with Crippen LogP contribution in [0, 0.1) is 5.92 Å². The fraction of sp³-hybridized carbons (Fsp3) is 0.250. The summed E-state index contributed by atoms with van der Waals surface area (Å²) >= 11 is 3.58. The molecule has 6 nitrogen and oxygen atoms in total. The maximum Gasteiger partial charge on any atom is 0.172 e. The van der Waals surface area contributed by atoms with Crippen LogP contribution in [0.4, 0.5) is 5.82 Å². The number of phenolic OH excluding ortho intramolecular Hbond substituents is 1. The summed E-state index contributed by atoms with van der Waals surface area (Å²) in [6.45, 7) is 4.02. The van der Waals surface area contributed by atoms with Gasteiger partial charge in [-0.05, 0) is 64.5 Å². The van der Waals surface area contributed by atoms with Gasteiger partial charge in [-0.3, -0.25) is 0 Å². The SMILES string of the molecule is Oc1ccccc1-c1cc(NCC2CCCN(CC(c3ccccc3)c3ccccc3)C2)n2ncc(Br)c2n1. The van der Waals surface area contributed by atoms with Crippen LogP contribution in [0.2, 0.25) is 0 Å². The molecule has 3 aromatic carbocycles. The van der Waals surface area contributed by atoms with E-state index in [4.69, 9.17) is 4.98 Å². The molecule has 1 aliphatic heterocycles. The number of aromatic nitrogens is 3. The summed E-state index contributed by atoms with van der Waals surface area (Å²) in [7, 11) is 0. The molecule has 0 spiro atoms. The minimum atomic E-state index is 0.213. The summed E-state index contributed by atoms with van der Waals surface area (Å²) < 4.78 is 2.65. The number of aromatic hydroxyl groups is 1. The van der Waals surface area contributed by atoms with Crippen molar-refractivity contribution in [1.29, 1.82) is 0 Å². The highest BCUT2D eigenvalue weighted by atomic mass is 79.9. The van der Waals surface area contributed by atoms with E-state index in [1.54, 1.807) is 12.3 Å². The predicted octanol–water partition coefficient (Wildman–Crippen LogP) is 6.82. The maximum absolute atomic E-state index is 10.4. The number of phenols is 1. The zero-order chi connectivity index (χ0) is 26.6. The number of likely N-dealkylation sites (tertiary alicyclic amines) is 1. The third kappa shape index (κ3) is 5.70. The van der Waals surface area contributed by atoms with E-state index >= 15 is 0 Å². The van der Waals surface area contributed by atoms with Crippen molar-refractivity contribution in [2.24, 2.45) is 5.92 Å². The van der Waals surface area contributed by atoms with Crippen molar-refractivity contribution in [1.82, 2.24) is 19.5 Å². The van der Waals surface area contributed by atoms with E-state index in [1.807, 2.05) is 28.8 Å². The summed E-state index contributed by atoms with van der Waals surface area (Å²) in [5, 5.41) is 18.6. The molecule has 7 heteroatoms. The van der Waals surface area contributed by atoms with Gasteiger partial charge in [-0.2, -0.15) is 9.61 Å². The van der Waals surface area contributed by atoms with E-state index in [1.165, 1.54) is 24.0 Å². The van der Waals surface area contributed by atoms with Gasteiger partial charge in [0.05, 0.1) is 16.4 Å². The molecule has 0 radical (unpaired) electrons. The minimum Gasteiger partial charge on any atom is -0.507 e. The van der Waals surface area contributed by atoms with Gasteiger partial charge >= 0.3 is 0 Å². The smallest absolute Gasteiger partial charge is 0.172 e. The Bertz CT molecular complexity index is 1500. The number of fused-ring (bicyclic) bond motifs is 1. The van der Waals surface area contributed by atoms with Crippen molar-refractivity contribution in [2.75, 3.05) is 31.5 Å². The Morgan fingerprint density at radius 3 is 2.36 bits per heavy atom. The molecule has 5 aromatic rings. The Kier molecular flexibility index (Phi) is 7.61. The highest BCUT2D eigenvalue weighted by Crippen LogP contribution is 2.32. The average molecular weight is 583 g/mol. The molecule has 1 atom stereocenters. The first-order valence-corrected chi connectivity index (χ1v) is 14.3. The highest BCUT2D eigenvalue weighted by Gasteiger charge is 2.24. The second-order valence-corrected chi connectivity index (χ2v) is 11.1. The molecule has 1 fully saturated rings. The van der Waals surface area contributed by atoms with Crippen LogP contribution in [0.3, 0.4) is 0 Å². The molecule has 3 heterocycles. The number of hydrogen-bond acceptors (Lipinski definition) is 5. The molecule has 1 unspecified atom stereocenters. The number of anilines is 1. The first-order valence-electron chi connectivity index (χ1n) is 13.5. The number of nitrogens with one attached hydrogen (secondary N) is 1. The van der Waals surface area contributed by atoms with E-state index in [0.29, 0.717) is 23.1 Å². The van der Waals surface area contributed by atoms with Crippen LogP contribution < -0.4 is 5.32 Å². The third-order valence-electron chi connectivity index (χ3n) is 7.63. The minimum absolute atomic E-state index is 0.213. The van der Waals surface area contributed by atoms with Gasteiger partial charge in [-0.15, -0.1) is 0 Å². The van der Waals surface area contributed by atoms with Crippen LogP contribution in [0.5, 0.6) is 5.75 Å². The number of halogens is 1. The van der Waals surface area contributed by atoms with Crippen LogP contribution in [0.25, 0.3) is 16.9 Å². The second-order valence-electron chi connectivity index (χ2n) is 10.3. The summed E-state index contributed by atoms with van der Waals surface area (Å²) in [5.41, 5.74) is 4.86. The van der Waals surface area contributed by atoms with Crippen LogP contribution in [-0.4, -0.2) is 50.8 Å². The molecule has 198 valence electrons. The lowest BCUT2D eigenvalue weighted by molar-refractivity contribution is 0.176. The van der Waals surface area contributed by atoms with Crippen molar-refractivity contribution in [3.8, 4) is 17.0 Å². The summed E-state index contributed by atoms with van der Waals surface area (Å²) in [4.78, 5) is 7.39. The standard InChI is InChI=1S/C32H32BrN5O/c33-28-20-35-38-31(18-29(36-32(28)38)26-15-7-8-16-30(26)39)34-19-23-10-9-17-37(21-23)22-27(24-11-3-1-4-12-24)25-13-5-2-6-14-25/h1-8,11-16,18,20,23,27,34,39H,9-10,17,19,21-22H2. The second kappa shape index (κ2) is 11.6. The van der Waals surface area contributed by atoms with Gasteiger partial charge in [-0.1, -0.05) is 72.8 Å². The first kappa shape index (κ1) is 25.6. The first-order chi connectivity index (χ1) is 19.2. The molecule has 0 aliphatic carbocycles. The number of benzene rings is 3. The third-order valence-corrected chi connectivity index (χ3v) is 8.19. The van der Waals surface area contributed by atoms with Gasteiger partial charge in [-0.25, -0.2) is 4.98 Å². The van der Waals surface area contributed by atoms with E-state index < -0.39 is 0 Å². The molecule has 1 aliphatic rings. The number of hydrogen-bond donors (Lipinski definition) is 2. The van der Waals surface area contributed by atoms with E-state index in [9.17, 15) is 5.11 Å². The van der Waals surface area contributed by atoms with Crippen molar-refractivity contribution >= 4 is 27.4 Å². The fourth-order valence-electron chi connectivity index (χ4n) is 5.66.